The van der Waals surface area contributed by atoms with Crippen molar-refractivity contribution < 1.29 is 4.74 Å². The van der Waals surface area contributed by atoms with E-state index in [4.69, 9.17) is 39.5 Å². The van der Waals surface area contributed by atoms with Gasteiger partial charge in [-0.25, -0.2) is 0 Å². The highest BCUT2D eigenvalue weighted by molar-refractivity contribution is 6.41. The van der Waals surface area contributed by atoms with Crippen molar-refractivity contribution in [3.63, 3.8) is 0 Å². The minimum atomic E-state index is 0.421. The van der Waals surface area contributed by atoms with E-state index in [1.807, 2.05) is 6.92 Å². The van der Waals surface area contributed by atoms with Gasteiger partial charge in [0.1, 0.15) is 0 Å². The van der Waals surface area contributed by atoms with Crippen LogP contribution in [0.3, 0.4) is 0 Å². The van der Waals surface area contributed by atoms with E-state index in [9.17, 15) is 0 Å². The van der Waals surface area contributed by atoms with E-state index >= 15 is 0 Å². The van der Waals surface area contributed by atoms with Gasteiger partial charge in [0.15, 0.2) is 0 Å². The van der Waals surface area contributed by atoms with Crippen LogP contribution in [0.4, 0.5) is 5.69 Å². The van der Waals surface area contributed by atoms with E-state index in [2.05, 4.69) is 28.1 Å². The molecule has 0 aliphatic rings. The molecule has 1 N–H and O–H groups in total. The molecule has 124 valence electrons. The fourth-order valence-electron chi connectivity index (χ4n) is 2.30. The number of halogens is 3. The lowest BCUT2D eigenvalue weighted by molar-refractivity contribution is 0.186. The summed E-state index contributed by atoms with van der Waals surface area (Å²) < 4.78 is 7.32. The largest absolute Gasteiger partial charge is 0.383 e. The molecule has 0 bridgehead atoms. The molecule has 0 atom stereocenters. The van der Waals surface area contributed by atoms with Crippen molar-refractivity contribution in [2.75, 3.05) is 19.1 Å². The second kappa shape index (κ2) is 8.06. The van der Waals surface area contributed by atoms with Crippen molar-refractivity contribution >= 4 is 46.7 Å². The third-order valence-corrected chi connectivity index (χ3v) is 4.33. The summed E-state index contributed by atoms with van der Waals surface area (Å²) in [5.74, 6) is 0. The fourth-order valence-corrected chi connectivity index (χ4v) is 3.20. The van der Waals surface area contributed by atoms with Crippen molar-refractivity contribution in [1.29, 1.82) is 0 Å². The summed E-state index contributed by atoms with van der Waals surface area (Å²) in [5, 5.41) is 5.55. The first kappa shape index (κ1) is 18.1. The maximum absolute atomic E-state index is 6.11. The number of aryl methyl sites for hydroxylation is 1. The highest BCUT2D eigenvalue weighted by Gasteiger charge is 2.08. The van der Waals surface area contributed by atoms with Gasteiger partial charge >= 0.3 is 0 Å². The highest BCUT2D eigenvalue weighted by atomic mass is 35.5. The third kappa shape index (κ3) is 4.42. The van der Waals surface area contributed by atoms with Crippen molar-refractivity contribution in [2.45, 2.75) is 20.4 Å². The van der Waals surface area contributed by atoms with Crippen LogP contribution in [0.25, 0.3) is 0 Å². The Hall–Kier alpha value is -1.20. The van der Waals surface area contributed by atoms with Gasteiger partial charge in [0.05, 0.1) is 28.6 Å². The quantitative estimate of drug-likeness (QED) is 0.560. The number of hydrazone groups is 1. The maximum Gasteiger partial charge on any atom is 0.0935 e. The van der Waals surface area contributed by atoms with Crippen LogP contribution in [-0.2, 0) is 11.3 Å². The van der Waals surface area contributed by atoms with Crippen molar-refractivity contribution in [3.8, 4) is 0 Å². The average molecular weight is 375 g/mol. The van der Waals surface area contributed by atoms with E-state index in [1.54, 1.807) is 25.5 Å². The second-order valence-electron chi connectivity index (χ2n) is 5.09. The normalized spacial score (nSPS) is 11.4. The molecule has 0 saturated heterocycles. The summed E-state index contributed by atoms with van der Waals surface area (Å²) in [5.41, 5.74) is 6.70. The molecule has 0 unspecified atom stereocenters. The predicted octanol–water partition coefficient (Wildman–Crippen LogP) is 5.16. The molecule has 1 heterocycles. The molecule has 2 aromatic rings. The monoisotopic (exact) mass is 373 g/mol. The lowest BCUT2D eigenvalue weighted by Crippen LogP contribution is -2.07. The SMILES string of the molecule is COCCn1c(C)cc(C=NNc2c(Cl)cc(Cl)cc2Cl)c1C. The lowest BCUT2D eigenvalue weighted by atomic mass is 10.3. The number of benzene rings is 1. The number of methoxy groups -OCH3 is 1. The highest BCUT2D eigenvalue weighted by Crippen LogP contribution is 2.33. The second-order valence-corrected chi connectivity index (χ2v) is 6.34. The predicted molar refractivity (Wildman–Crippen MR) is 98.5 cm³/mol. The van der Waals surface area contributed by atoms with Crippen LogP contribution in [-0.4, -0.2) is 24.5 Å². The minimum Gasteiger partial charge on any atom is -0.383 e. The molecule has 0 spiro atoms. The number of ether oxygens (including phenoxy) is 1. The van der Waals surface area contributed by atoms with Gasteiger partial charge in [-0.1, -0.05) is 34.8 Å². The van der Waals surface area contributed by atoms with Crippen LogP contribution in [0, 0.1) is 13.8 Å². The van der Waals surface area contributed by atoms with Crippen molar-refractivity contribution in [3.05, 3.63) is 50.2 Å². The van der Waals surface area contributed by atoms with Gasteiger partial charge in [0.2, 0.25) is 0 Å². The summed E-state index contributed by atoms with van der Waals surface area (Å²) in [7, 11) is 1.69. The van der Waals surface area contributed by atoms with Crippen LogP contribution in [0.15, 0.2) is 23.3 Å². The number of hydrogen-bond acceptors (Lipinski definition) is 3. The molecule has 0 aliphatic heterocycles. The van der Waals surface area contributed by atoms with Gasteiger partial charge in [-0.3, -0.25) is 5.43 Å². The number of hydrogen-bond donors (Lipinski definition) is 1. The Morgan fingerprint density at radius 2 is 1.83 bits per heavy atom. The molecule has 0 amide bonds. The van der Waals surface area contributed by atoms with Crippen LogP contribution < -0.4 is 5.43 Å². The third-order valence-electron chi connectivity index (χ3n) is 3.52. The number of rotatable bonds is 6. The van der Waals surface area contributed by atoms with Crippen LogP contribution in [0.2, 0.25) is 15.1 Å². The lowest BCUT2D eigenvalue weighted by Gasteiger charge is -2.08. The Kier molecular flexibility index (Phi) is 6.36. The summed E-state index contributed by atoms with van der Waals surface area (Å²) in [6, 6.07) is 5.30. The Bertz CT molecular complexity index is 703. The standard InChI is InChI=1S/C16H18Cl3N3O/c1-10-6-12(11(2)22(10)4-5-23-3)9-20-21-16-14(18)7-13(17)8-15(16)19/h6-9,21H,4-5H2,1-3H3. The molecule has 0 aliphatic carbocycles. The molecule has 1 aromatic carbocycles. The minimum absolute atomic E-state index is 0.421. The van der Waals surface area contributed by atoms with Gasteiger partial charge in [-0.2, -0.15) is 5.10 Å². The van der Waals surface area contributed by atoms with Crippen molar-refractivity contribution in [1.82, 2.24) is 4.57 Å². The summed E-state index contributed by atoms with van der Waals surface area (Å²) in [6.07, 6.45) is 1.74. The van der Waals surface area contributed by atoms with Crippen LogP contribution in [0.5, 0.6) is 0 Å². The molecular weight excluding hydrogens is 357 g/mol. The average Bonchev–Trinajstić information content (AvgIpc) is 2.74. The topological polar surface area (TPSA) is 38.5 Å². The van der Waals surface area contributed by atoms with Gasteiger partial charge in [-0.05, 0) is 32.0 Å². The van der Waals surface area contributed by atoms with Gasteiger partial charge in [-0.15, -0.1) is 0 Å². The van der Waals surface area contributed by atoms with E-state index < -0.39 is 0 Å². The zero-order valence-electron chi connectivity index (χ0n) is 13.2. The number of aromatic nitrogens is 1. The molecule has 0 saturated carbocycles. The molecule has 23 heavy (non-hydrogen) atoms. The Labute approximate surface area is 151 Å². The van der Waals surface area contributed by atoms with E-state index in [0.29, 0.717) is 27.4 Å². The zero-order chi connectivity index (χ0) is 17.0. The number of anilines is 1. The molecule has 0 radical (unpaired) electrons. The van der Waals surface area contributed by atoms with Crippen LogP contribution in [0.1, 0.15) is 17.0 Å². The first-order valence-electron chi connectivity index (χ1n) is 7.03. The Morgan fingerprint density at radius 1 is 1.17 bits per heavy atom. The van der Waals surface area contributed by atoms with Gasteiger partial charge < -0.3 is 9.30 Å². The van der Waals surface area contributed by atoms with Crippen LogP contribution >= 0.6 is 34.8 Å². The molecule has 1 aromatic heterocycles. The molecule has 4 nitrogen and oxygen atoms in total. The van der Waals surface area contributed by atoms with E-state index in [0.717, 1.165) is 23.5 Å². The van der Waals surface area contributed by atoms with Crippen molar-refractivity contribution in [2.24, 2.45) is 5.10 Å². The summed E-state index contributed by atoms with van der Waals surface area (Å²) in [4.78, 5) is 0. The zero-order valence-corrected chi connectivity index (χ0v) is 15.4. The number of nitrogens with zero attached hydrogens (tertiary/aromatic N) is 2. The summed E-state index contributed by atoms with van der Waals surface area (Å²) >= 11 is 18.1. The van der Waals surface area contributed by atoms with Gasteiger partial charge in [0, 0.05) is 35.6 Å². The Balaban J connectivity index is 2.16. The molecular formula is C16H18Cl3N3O. The van der Waals surface area contributed by atoms with Gasteiger partial charge in [0.25, 0.3) is 0 Å². The number of nitrogens with one attached hydrogen (secondary N) is 1. The van der Waals surface area contributed by atoms with E-state index in [-0.39, 0.29) is 0 Å². The maximum atomic E-state index is 6.11. The smallest absolute Gasteiger partial charge is 0.0935 e. The van der Waals surface area contributed by atoms with E-state index in [1.165, 1.54) is 0 Å². The molecule has 0 fully saturated rings. The fraction of sp³-hybridized carbons (Fsp3) is 0.312. The first-order chi connectivity index (χ1) is 10.9. The Morgan fingerprint density at radius 3 is 2.43 bits per heavy atom. The molecule has 7 heteroatoms. The first-order valence-corrected chi connectivity index (χ1v) is 8.16. The summed E-state index contributed by atoms with van der Waals surface area (Å²) in [6.45, 7) is 5.58. The molecule has 2 rings (SSSR count).